The zero-order valence-electron chi connectivity index (χ0n) is 10.2. The third kappa shape index (κ3) is 4.18. The van der Waals surface area contributed by atoms with E-state index in [1.54, 1.807) is 24.5 Å². The summed E-state index contributed by atoms with van der Waals surface area (Å²) < 4.78 is 29.8. The first-order valence-corrected chi connectivity index (χ1v) is 7.74. The quantitative estimate of drug-likeness (QED) is 0.890. The van der Waals surface area contributed by atoms with Crippen molar-refractivity contribution >= 4 is 33.0 Å². The molecule has 0 aliphatic rings. The molecular formula is C12H13ClN2O3S. The minimum atomic E-state index is -3.33. The number of hydrogen-bond acceptors (Lipinski definition) is 4. The molecule has 102 valence electrons. The molecule has 0 radical (unpaired) electrons. The van der Waals surface area contributed by atoms with Gasteiger partial charge in [-0.25, -0.2) is 8.42 Å². The van der Waals surface area contributed by atoms with Crippen molar-refractivity contribution in [3.05, 3.63) is 47.4 Å². The van der Waals surface area contributed by atoms with Crippen molar-refractivity contribution in [2.75, 3.05) is 16.3 Å². The van der Waals surface area contributed by atoms with Crippen LogP contribution in [-0.2, 0) is 16.6 Å². The fourth-order valence-electron chi connectivity index (χ4n) is 1.51. The minimum absolute atomic E-state index is 0.329. The lowest BCUT2D eigenvalue weighted by atomic mass is 10.3. The van der Waals surface area contributed by atoms with Gasteiger partial charge in [0.15, 0.2) is 0 Å². The summed E-state index contributed by atoms with van der Waals surface area (Å²) in [6.07, 6.45) is 2.68. The van der Waals surface area contributed by atoms with E-state index in [1.165, 1.54) is 0 Å². The van der Waals surface area contributed by atoms with Gasteiger partial charge in [-0.3, -0.25) is 4.72 Å². The summed E-state index contributed by atoms with van der Waals surface area (Å²) in [7, 11) is -3.33. The van der Waals surface area contributed by atoms with E-state index in [9.17, 15) is 8.42 Å². The molecule has 5 nitrogen and oxygen atoms in total. The van der Waals surface area contributed by atoms with Crippen LogP contribution in [0.25, 0.3) is 0 Å². The van der Waals surface area contributed by atoms with Crippen LogP contribution in [-0.4, -0.2) is 14.7 Å². The number of halogens is 1. The Bertz CT molecular complexity index is 654. The Morgan fingerprint density at radius 1 is 1.32 bits per heavy atom. The minimum Gasteiger partial charge on any atom is -0.467 e. The van der Waals surface area contributed by atoms with Gasteiger partial charge >= 0.3 is 0 Å². The Labute approximate surface area is 116 Å². The second kappa shape index (κ2) is 5.54. The highest BCUT2D eigenvalue weighted by atomic mass is 35.5. The average molecular weight is 301 g/mol. The molecule has 0 aliphatic carbocycles. The Morgan fingerprint density at radius 3 is 2.68 bits per heavy atom. The smallest absolute Gasteiger partial charge is 0.229 e. The van der Waals surface area contributed by atoms with E-state index in [0.29, 0.717) is 17.3 Å². The lowest BCUT2D eigenvalue weighted by Gasteiger charge is -2.09. The van der Waals surface area contributed by atoms with Crippen LogP contribution in [0, 0.1) is 0 Å². The second-order valence-electron chi connectivity index (χ2n) is 4.00. The molecule has 0 aliphatic heterocycles. The molecule has 1 aromatic carbocycles. The second-order valence-corrected chi connectivity index (χ2v) is 6.16. The Balaban J connectivity index is 2.06. The topological polar surface area (TPSA) is 71.3 Å². The maximum Gasteiger partial charge on any atom is 0.229 e. The first-order chi connectivity index (χ1) is 8.94. The third-order valence-electron chi connectivity index (χ3n) is 2.31. The zero-order valence-corrected chi connectivity index (χ0v) is 11.8. The molecule has 1 aromatic heterocycles. The van der Waals surface area contributed by atoms with Crippen molar-refractivity contribution in [2.24, 2.45) is 0 Å². The predicted octanol–water partition coefficient (Wildman–Crippen LogP) is 2.92. The normalized spacial score (nSPS) is 11.3. The fraction of sp³-hybridized carbons (Fsp3) is 0.167. The first kappa shape index (κ1) is 13.8. The van der Waals surface area contributed by atoms with Crippen LogP contribution >= 0.6 is 11.6 Å². The number of sulfonamides is 1. The Hall–Kier alpha value is -1.66. The molecule has 2 N–H and O–H groups in total. The van der Waals surface area contributed by atoms with Gasteiger partial charge in [0.1, 0.15) is 5.76 Å². The molecule has 2 aromatic rings. The Kier molecular flexibility index (Phi) is 4.01. The molecule has 0 amide bonds. The van der Waals surface area contributed by atoms with Crippen molar-refractivity contribution in [2.45, 2.75) is 6.54 Å². The van der Waals surface area contributed by atoms with E-state index < -0.39 is 10.0 Å². The largest absolute Gasteiger partial charge is 0.467 e. The fourth-order valence-corrected chi connectivity index (χ4v) is 2.37. The molecule has 0 unspecified atom stereocenters. The van der Waals surface area contributed by atoms with Crippen LogP contribution in [0.3, 0.4) is 0 Å². The zero-order chi connectivity index (χ0) is 13.9. The number of rotatable bonds is 5. The van der Waals surface area contributed by atoms with Gasteiger partial charge in [-0.05, 0) is 30.3 Å². The van der Waals surface area contributed by atoms with Crippen molar-refractivity contribution in [1.29, 1.82) is 0 Å². The van der Waals surface area contributed by atoms with Crippen LogP contribution in [0.5, 0.6) is 0 Å². The first-order valence-electron chi connectivity index (χ1n) is 5.47. The summed E-state index contributed by atoms with van der Waals surface area (Å²) in [6, 6.07) is 8.66. The average Bonchev–Trinajstić information content (AvgIpc) is 2.81. The summed E-state index contributed by atoms with van der Waals surface area (Å²) in [4.78, 5) is 0. The molecule has 0 atom stereocenters. The Morgan fingerprint density at radius 2 is 2.11 bits per heavy atom. The predicted molar refractivity (Wildman–Crippen MR) is 76.0 cm³/mol. The summed E-state index contributed by atoms with van der Waals surface area (Å²) in [5.74, 6) is 0.800. The number of nitrogens with one attached hydrogen (secondary N) is 2. The lowest BCUT2D eigenvalue weighted by Crippen LogP contribution is -2.10. The van der Waals surface area contributed by atoms with Crippen molar-refractivity contribution in [3.8, 4) is 0 Å². The van der Waals surface area contributed by atoms with Crippen LogP contribution in [0.2, 0.25) is 5.02 Å². The van der Waals surface area contributed by atoms with E-state index in [1.807, 2.05) is 12.1 Å². The van der Waals surface area contributed by atoms with Gasteiger partial charge in [0.05, 0.1) is 29.8 Å². The van der Waals surface area contributed by atoms with Crippen LogP contribution in [0.4, 0.5) is 11.4 Å². The van der Waals surface area contributed by atoms with E-state index in [2.05, 4.69) is 10.0 Å². The summed E-state index contributed by atoms with van der Waals surface area (Å²) in [6.45, 7) is 0.530. The SMILES string of the molecule is CS(=O)(=O)Nc1ccc(NCc2ccco2)cc1Cl. The highest BCUT2D eigenvalue weighted by molar-refractivity contribution is 7.92. The standard InChI is InChI=1S/C12H13ClN2O3S/c1-19(16,17)15-12-5-4-9(7-11(12)13)14-8-10-3-2-6-18-10/h2-7,14-15H,8H2,1H3. The van der Waals surface area contributed by atoms with Gasteiger partial charge in [0.25, 0.3) is 0 Å². The molecular weight excluding hydrogens is 288 g/mol. The van der Waals surface area contributed by atoms with Gasteiger partial charge in [-0.2, -0.15) is 0 Å². The number of anilines is 2. The number of benzene rings is 1. The maximum atomic E-state index is 11.1. The van der Waals surface area contributed by atoms with E-state index in [-0.39, 0.29) is 0 Å². The summed E-state index contributed by atoms with van der Waals surface area (Å²) in [5.41, 5.74) is 1.13. The van der Waals surface area contributed by atoms with Crippen molar-refractivity contribution in [3.63, 3.8) is 0 Å². The maximum absolute atomic E-state index is 11.1. The van der Waals surface area contributed by atoms with E-state index in [0.717, 1.165) is 17.7 Å². The lowest BCUT2D eigenvalue weighted by molar-refractivity contribution is 0.518. The third-order valence-corrected chi connectivity index (χ3v) is 3.21. The number of hydrogen-bond donors (Lipinski definition) is 2. The van der Waals surface area contributed by atoms with Crippen LogP contribution in [0.15, 0.2) is 41.0 Å². The molecule has 7 heteroatoms. The van der Waals surface area contributed by atoms with E-state index in [4.69, 9.17) is 16.0 Å². The number of furan rings is 1. The summed E-state index contributed by atoms with van der Waals surface area (Å²) in [5, 5.41) is 3.45. The molecule has 19 heavy (non-hydrogen) atoms. The van der Waals surface area contributed by atoms with Gasteiger partial charge in [0, 0.05) is 5.69 Å². The highest BCUT2D eigenvalue weighted by Crippen LogP contribution is 2.26. The molecule has 0 saturated carbocycles. The van der Waals surface area contributed by atoms with Crippen molar-refractivity contribution < 1.29 is 12.8 Å². The molecule has 0 spiro atoms. The highest BCUT2D eigenvalue weighted by Gasteiger charge is 2.07. The van der Waals surface area contributed by atoms with Gasteiger partial charge in [-0.1, -0.05) is 11.6 Å². The summed E-state index contributed by atoms with van der Waals surface area (Å²) >= 11 is 6.01. The van der Waals surface area contributed by atoms with Gasteiger partial charge in [0.2, 0.25) is 10.0 Å². The molecule has 1 heterocycles. The molecule has 0 fully saturated rings. The van der Waals surface area contributed by atoms with Gasteiger partial charge < -0.3 is 9.73 Å². The molecule has 0 saturated heterocycles. The molecule has 2 rings (SSSR count). The van der Waals surface area contributed by atoms with Crippen LogP contribution in [0.1, 0.15) is 5.76 Å². The molecule has 0 bridgehead atoms. The van der Waals surface area contributed by atoms with Crippen molar-refractivity contribution in [1.82, 2.24) is 0 Å². The monoisotopic (exact) mass is 300 g/mol. The van der Waals surface area contributed by atoms with E-state index >= 15 is 0 Å². The van der Waals surface area contributed by atoms with Gasteiger partial charge in [-0.15, -0.1) is 0 Å². The van der Waals surface area contributed by atoms with Crippen LogP contribution < -0.4 is 10.0 Å².